The molecule has 1 fully saturated rings. The van der Waals surface area contributed by atoms with Crippen LogP contribution in [0.25, 0.3) is 6.08 Å². The smallest absolute Gasteiger partial charge is 0.410 e. The Bertz CT molecular complexity index is 1280. The maximum atomic E-state index is 13.1. The molecule has 0 bridgehead atoms. The fraction of sp³-hybridized carbons (Fsp3) is 0.440. The summed E-state index contributed by atoms with van der Waals surface area (Å²) in [7, 11) is -3.82. The van der Waals surface area contributed by atoms with Crippen LogP contribution >= 0.6 is 22.9 Å². The van der Waals surface area contributed by atoms with E-state index in [0.29, 0.717) is 41.0 Å². The summed E-state index contributed by atoms with van der Waals surface area (Å²) in [5.41, 5.74) is 2.21. The third-order valence-electron chi connectivity index (χ3n) is 5.91. The maximum absolute atomic E-state index is 13.1. The van der Waals surface area contributed by atoms with Gasteiger partial charge < -0.3 is 14.5 Å². The molecular formula is C25H30ClN3O5S2. The highest BCUT2D eigenvalue weighted by Gasteiger charge is 2.35. The Balaban J connectivity index is 1.45. The summed E-state index contributed by atoms with van der Waals surface area (Å²) in [5.74, 6) is -0.302. The molecule has 1 saturated heterocycles. The van der Waals surface area contributed by atoms with Gasteiger partial charge in [-0.05, 0) is 81.5 Å². The maximum Gasteiger partial charge on any atom is 0.410 e. The van der Waals surface area contributed by atoms with Crippen LogP contribution in [0.1, 0.15) is 49.6 Å². The van der Waals surface area contributed by atoms with Gasteiger partial charge in [-0.1, -0.05) is 17.7 Å². The number of hydrogen-bond donors (Lipinski definition) is 1. The molecule has 0 aliphatic carbocycles. The quantitative estimate of drug-likeness (QED) is 0.577. The Morgan fingerprint density at radius 3 is 2.67 bits per heavy atom. The van der Waals surface area contributed by atoms with Crippen LogP contribution in [-0.4, -0.2) is 50.1 Å². The van der Waals surface area contributed by atoms with E-state index in [9.17, 15) is 18.0 Å². The lowest BCUT2D eigenvalue weighted by Gasteiger charge is -2.27. The van der Waals surface area contributed by atoms with Crippen LogP contribution in [0.15, 0.2) is 35.7 Å². The van der Waals surface area contributed by atoms with Crippen LogP contribution in [0.2, 0.25) is 4.34 Å². The molecule has 2 amide bonds. The SMILES string of the molecule is CC(C)(C)OC(=O)N1CCCc2ccc(N3CC[C@H](NS(=O)(=O)/C=C/c4ccc(Cl)s4)C3=O)cc2C1. The number of carbonyl (C=O) groups excluding carboxylic acids is 2. The van der Waals surface area contributed by atoms with Crippen molar-refractivity contribution in [3.8, 4) is 0 Å². The first-order chi connectivity index (χ1) is 16.9. The number of thiophene rings is 1. The molecule has 0 radical (unpaired) electrons. The molecule has 1 N–H and O–H groups in total. The van der Waals surface area contributed by atoms with Gasteiger partial charge in [0.2, 0.25) is 15.9 Å². The van der Waals surface area contributed by atoms with Gasteiger partial charge in [-0.2, -0.15) is 4.72 Å². The van der Waals surface area contributed by atoms with E-state index in [0.717, 1.165) is 29.4 Å². The second-order valence-corrected chi connectivity index (χ2v) is 13.2. The number of aryl methyl sites for hydroxylation is 1. The van der Waals surface area contributed by atoms with Crippen molar-refractivity contribution in [2.45, 2.75) is 58.2 Å². The number of anilines is 1. The van der Waals surface area contributed by atoms with Crippen molar-refractivity contribution < 1.29 is 22.7 Å². The van der Waals surface area contributed by atoms with Crippen LogP contribution in [0.4, 0.5) is 10.5 Å². The minimum absolute atomic E-state index is 0.302. The predicted molar refractivity (Wildman–Crippen MR) is 143 cm³/mol. The van der Waals surface area contributed by atoms with Gasteiger partial charge in [0.25, 0.3) is 0 Å². The number of rotatable bonds is 5. The minimum Gasteiger partial charge on any atom is -0.444 e. The topological polar surface area (TPSA) is 96.0 Å². The first kappa shape index (κ1) is 26.7. The standard InChI is InChI=1S/C25H30ClN3O5S2/c1-25(2,3)34-24(31)28-12-4-5-17-6-7-19(15-18(17)16-28)29-13-10-21(23(29)30)27-36(32,33)14-11-20-8-9-22(26)35-20/h6-9,11,14-15,21,27H,4-5,10,12-13,16H2,1-3H3/b14-11+/t21-/m0/s1. The number of amides is 2. The Labute approximate surface area is 220 Å². The van der Waals surface area contributed by atoms with Crippen LogP contribution in [0.3, 0.4) is 0 Å². The van der Waals surface area contributed by atoms with Crippen molar-refractivity contribution in [2.24, 2.45) is 0 Å². The average molecular weight is 552 g/mol. The number of halogens is 1. The molecule has 4 rings (SSSR count). The van der Waals surface area contributed by atoms with E-state index in [4.69, 9.17) is 16.3 Å². The van der Waals surface area contributed by atoms with E-state index in [1.807, 2.05) is 39.0 Å². The summed E-state index contributed by atoms with van der Waals surface area (Å²) < 4.78 is 33.7. The third kappa shape index (κ3) is 6.67. The van der Waals surface area contributed by atoms with Gasteiger partial charge in [-0.25, -0.2) is 13.2 Å². The molecule has 2 aromatic rings. The van der Waals surface area contributed by atoms with Crippen molar-refractivity contribution in [1.29, 1.82) is 0 Å². The average Bonchev–Trinajstić information content (AvgIpc) is 3.28. The fourth-order valence-electron chi connectivity index (χ4n) is 4.26. The second-order valence-electron chi connectivity index (χ2n) is 9.90. The lowest BCUT2D eigenvalue weighted by Crippen LogP contribution is -2.40. The molecule has 0 saturated carbocycles. The van der Waals surface area contributed by atoms with E-state index >= 15 is 0 Å². The highest BCUT2D eigenvalue weighted by Crippen LogP contribution is 2.29. The number of sulfonamides is 1. The molecule has 2 aliphatic heterocycles. The summed E-state index contributed by atoms with van der Waals surface area (Å²) in [4.78, 5) is 29.7. The Morgan fingerprint density at radius 1 is 1.19 bits per heavy atom. The van der Waals surface area contributed by atoms with E-state index in [1.165, 1.54) is 17.4 Å². The second kappa shape index (κ2) is 10.5. The monoisotopic (exact) mass is 551 g/mol. The van der Waals surface area contributed by atoms with Gasteiger partial charge in [-0.3, -0.25) is 4.79 Å². The van der Waals surface area contributed by atoms with Gasteiger partial charge in [-0.15, -0.1) is 11.3 Å². The summed E-state index contributed by atoms with van der Waals surface area (Å²) >= 11 is 7.15. The zero-order chi connectivity index (χ0) is 26.1. The van der Waals surface area contributed by atoms with Gasteiger partial charge in [0.1, 0.15) is 11.6 Å². The van der Waals surface area contributed by atoms with Crippen LogP contribution < -0.4 is 9.62 Å². The van der Waals surface area contributed by atoms with E-state index in [2.05, 4.69) is 4.72 Å². The summed E-state index contributed by atoms with van der Waals surface area (Å²) in [6, 6.07) is 8.37. The Kier molecular flexibility index (Phi) is 7.80. The van der Waals surface area contributed by atoms with E-state index in [1.54, 1.807) is 21.9 Å². The highest BCUT2D eigenvalue weighted by molar-refractivity contribution is 7.92. The zero-order valence-corrected chi connectivity index (χ0v) is 22.9. The van der Waals surface area contributed by atoms with Gasteiger partial charge in [0, 0.05) is 35.6 Å². The largest absolute Gasteiger partial charge is 0.444 e. The lowest BCUT2D eigenvalue weighted by molar-refractivity contribution is -0.118. The number of ether oxygens (including phenoxy) is 1. The molecule has 3 heterocycles. The summed E-state index contributed by atoms with van der Waals surface area (Å²) in [6.45, 7) is 6.90. The summed E-state index contributed by atoms with van der Waals surface area (Å²) in [5, 5.41) is 1.05. The molecular weight excluding hydrogens is 522 g/mol. The molecule has 1 aromatic carbocycles. The number of carbonyl (C=O) groups is 2. The lowest BCUT2D eigenvalue weighted by atomic mass is 10.0. The van der Waals surface area contributed by atoms with Crippen LogP contribution in [0, 0.1) is 0 Å². The summed E-state index contributed by atoms with van der Waals surface area (Å²) in [6.07, 6.45) is 3.11. The van der Waals surface area contributed by atoms with Crippen LogP contribution in [-0.2, 0) is 32.5 Å². The molecule has 0 spiro atoms. The predicted octanol–water partition coefficient (Wildman–Crippen LogP) is 4.78. The Hall–Kier alpha value is -2.40. The number of hydrogen-bond acceptors (Lipinski definition) is 6. The van der Waals surface area contributed by atoms with E-state index < -0.39 is 21.7 Å². The van der Waals surface area contributed by atoms with Crippen molar-refractivity contribution in [3.63, 3.8) is 0 Å². The van der Waals surface area contributed by atoms with Crippen molar-refractivity contribution in [3.05, 3.63) is 56.1 Å². The van der Waals surface area contributed by atoms with Crippen molar-refractivity contribution >= 4 is 56.7 Å². The highest BCUT2D eigenvalue weighted by atomic mass is 35.5. The van der Waals surface area contributed by atoms with Crippen LogP contribution in [0.5, 0.6) is 0 Å². The molecule has 36 heavy (non-hydrogen) atoms. The number of fused-ring (bicyclic) bond motifs is 1. The first-order valence-corrected chi connectivity index (χ1v) is 14.5. The van der Waals surface area contributed by atoms with Gasteiger partial charge in [0.05, 0.1) is 4.34 Å². The van der Waals surface area contributed by atoms with Gasteiger partial charge in [0.15, 0.2) is 0 Å². The molecule has 1 atom stereocenters. The minimum atomic E-state index is -3.82. The van der Waals surface area contributed by atoms with Gasteiger partial charge >= 0.3 is 6.09 Å². The van der Waals surface area contributed by atoms with Crippen molar-refractivity contribution in [2.75, 3.05) is 18.0 Å². The van der Waals surface area contributed by atoms with E-state index in [-0.39, 0.29) is 12.0 Å². The molecule has 194 valence electrons. The zero-order valence-electron chi connectivity index (χ0n) is 20.5. The first-order valence-electron chi connectivity index (χ1n) is 11.8. The third-order valence-corrected chi connectivity index (χ3v) is 8.21. The van der Waals surface area contributed by atoms with Crippen molar-refractivity contribution in [1.82, 2.24) is 9.62 Å². The normalized spacial score (nSPS) is 19.0. The molecule has 8 nitrogen and oxygen atoms in total. The fourth-order valence-corrected chi connectivity index (χ4v) is 6.33. The molecule has 0 unspecified atom stereocenters. The molecule has 11 heteroatoms. The number of nitrogens with zero attached hydrogens (tertiary/aromatic N) is 2. The molecule has 1 aromatic heterocycles. The Morgan fingerprint density at radius 2 is 1.97 bits per heavy atom. The number of benzene rings is 1. The molecule has 2 aliphatic rings. The number of nitrogens with one attached hydrogen (secondary N) is 1.